The Bertz CT molecular complexity index is 639. The van der Waals surface area contributed by atoms with E-state index in [1.807, 2.05) is 32.2 Å². The zero-order valence-electron chi connectivity index (χ0n) is 12.5. The SMILES string of the molecule is Cc1ccc(NC(=O)C[NH+](C)Cc2sccc2C)c(Br)c1. The molecule has 0 aliphatic heterocycles. The van der Waals surface area contributed by atoms with Gasteiger partial charge in [0.05, 0.1) is 17.6 Å². The summed E-state index contributed by atoms with van der Waals surface area (Å²) in [4.78, 5) is 14.7. The second-order valence-electron chi connectivity index (χ2n) is 5.37. The van der Waals surface area contributed by atoms with Crippen molar-refractivity contribution in [3.05, 3.63) is 50.1 Å². The van der Waals surface area contributed by atoms with Crippen LogP contribution in [0.15, 0.2) is 34.1 Å². The van der Waals surface area contributed by atoms with E-state index in [4.69, 9.17) is 0 Å². The number of aryl methyl sites for hydroxylation is 2. The van der Waals surface area contributed by atoms with Gasteiger partial charge in [-0.2, -0.15) is 0 Å². The maximum absolute atomic E-state index is 12.1. The molecular weight excluding hydrogens is 348 g/mol. The fraction of sp³-hybridized carbons (Fsp3) is 0.312. The average molecular weight is 368 g/mol. The molecule has 3 nitrogen and oxygen atoms in total. The number of benzene rings is 1. The highest BCUT2D eigenvalue weighted by molar-refractivity contribution is 9.10. The Morgan fingerprint density at radius 1 is 1.33 bits per heavy atom. The largest absolute Gasteiger partial charge is 0.325 e. The topological polar surface area (TPSA) is 33.5 Å². The minimum absolute atomic E-state index is 0.0336. The smallest absolute Gasteiger partial charge is 0.279 e. The lowest BCUT2D eigenvalue weighted by molar-refractivity contribution is -0.884. The lowest BCUT2D eigenvalue weighted by Crippen LogP contribution is -3.08. The van der Waals surface area contributed by atoms with Gasteiger partial charge in [0.15, 0.2) is 6.54 Å². The molecule has 0 bridgehead atoms. The zero-order chi connectivity index (χ0) is 15.4. The van der Waals surface area contributed by atoms with Gasteiger partial charge in [0.1, 0.15) is 6.54 Å². The lowest BCUT2D eigenvalue weighted by Gasteiger charge is -2.14. The molecule has 1 aromatic carbocycles. The van der Waals surface area contributed by atoms with E-state index >= 15 is 0 Å². The van der Waals surface area contributed by atoms with Gasteiger partial charge in [0.2, 0.25) is 0 Å². The van der Waals surface area contributed by atoms with Crippen LogP contribution in [0.4, 0.5) is 5.69 Å². The standard InChI is InChI=1S/C16H19BrN2OS/c1-11-4-5-14(13(17)8-11)18-16(20)10-19(3)9-15-12(2)6-7-21-15/h4-8H,9-10H2,1-3H3,(H,18,20)/p+1. The number of nitrogens with one attached hydrogen (secondary N) is 2. The predicted octanol–water partition coefficient (Wildman–Crippen LogP) is 2.78. The second kappa shape index (κ2) is 7.20. The highest BCUT2D eigenvalue weighted by Gasteiger charge is 2.13. The van der Waals surface area contributed by atoms with Crippen molar-refractivity contribution in [2.75, 3.05) is 18.9 Å². The molecule has 21 heavy (non-hydrogen) atoms. The average Bonchev–Trinajstić information content (AvgIpc) is 2.78. The van der Waals surface area contributed by atoms with Crippen LogP contribution in [0.1, 0.15) is 16.0 Å². The van der Waals surface area contributed by atoms with E-state index in [9.17, 15) is 4.79 Å². The van der Waals surface area contributed by atoms with Crippen LogP contribution >= 0.6 is 27.3 Å². The summed E-state index contributed by atoms with van der Waals surface area (Å²) in [6.07, 6.45) is 0. The molecule has 112 valence electrons. The number of quaternary nitrogens is 1. The van der Waals surface area contributed by atoms with Crippen molar-refractivity contribution in [3.8, 4) is 0 Å². The van der Waals surface area contributed by atoms with Crippen molar-refractivity contribution in [2.24, 2.45) is 0 Å². The lowest BCUT2D eigenvalue weighted by atomic mass is 10.2. The normalized spacial score (nSPS) is 12.2. The summed E-state index contributed by atoms with van der Waals surface area (Å²) < 4.78 is 0.919. The van der Waals surface area contributed by atoms with Crippen LogP contribution < -0.4 is 10.2 Å². The van der Waals surface area contributed by atoms with Crippen molar-refractivity contribution in [2.45, 2.75) is 20.4 Å². The van der Waals surface area contributed by atoms with Crippen molar-refractivity contribution < 1.29 is 9.69 Å². The Balaban J connectivity index is 1.90. The van der Waals surface area contributed by atoms with E-state index in [1.165, 1.54) is 15.3 Å². The van der Waals surface area contributed by atoms with Crippen molar-refractivity contribution in [1.82, 2.24) is 0 Å². The maximum atomic E-state index is 12.1. The number of halogens is 1. The summed E-state index contributed by atoms with van der Waals surface area (Å²) in [5.41, 5.74) is 3.29. The molecule has 1 amide bonds. The van der Waals surface area contributed by atoms with Crippen LogP contribution in [0, 0.1) is 13.8 Å². The summed E-state index contributed by atoms with van der Waals surface area (Å²) in [6.45, 7) is 5.48. The fourth-order valence-corrected chi connectivity index (χ4v) is 3.72. The third kappa shape index (κ3) is 4.66. The molecule has 2 aromatic rings. The fourth-order valence-electron chi connectivity index (χ4n) is 2.11. The number of likely N-dealkylation sites (N-methyl/N-ethyl adjacent to an activating group) is 1. The molecule has 0 fully saturated rings. The highest BCUT2D eigenvalue weighted by atomic mass is 79.9. The molecule has 0 aliphatic rings. The Labute approximate surface area is 138 Å². The van der Waals surface area contributed by atoms with Gasteiger partial charge in [-0.25, -0.2) is 0 Å². The van der Waals surface area contributed by atoms with E-state index in [2.05, 4.69) is 39.6 Å². The maximum Gasteiger partial charge on any atom is 0.279 e. The summed E-state index contributed by atoms with van der Waals surface area (Å²) in [5.74, 6) is 0.0336. The van der Waals surface area contributed by atoms with Crippen molar-refractivity contribution in [1.29, 1.82) is 0 Å². The third-order valence-electron chi connectivity index (χ3n) is 3.29. The molecule has 1 aromatic heterocycles. The quantitative estimate of drug-likeness (QED) is 0.836. The van der Waals surface area contributed by atoms with Gasteiger partial charge in [0.25, 0.3) is 5.91 Å². The van der Waals surface area contributed by atoms with Gasteiger partial charge < -0.3 is 10.2 Å². The first kappa shape index (κ1) is 16.2. The third-order valence-corrected chi connectivity index (χ3v) is 4.97. The molecule has 0 saturated heterocycles. The van der Waals surface area contributed by atoms with Crippen molar-refractivity contribution >= 4 is 38.9 Å². The number of anilines is 1. The summed E-state index contributed by atoms with van der Waals surface area (Å²) in [5, 5.41) is 5.06. The molecule has 0 spiro atoms. The molecule has 1 atom stereocenters. The van der Waals surface area contributed by atoms with E-state index < -0.39 is 0 Å². The minimum atomic E-state index is 0.0336. The number of carbonyl (C=O) groups excluding carboxylic acids is 1. The zero-order valence-corrected chi connectivity index (χ0v) is 14.9. The first-order valence-electron chi connectivity index (χ1n) is 6.86. The number of thiophene rings is 1. The van der Waals surface area contributed by atoms with Crippen LogP contribution in [0.25, 0.3) is 0 Å². The van der Waals surface area contributed by atoms with Gasteiger partial charge in [0, 0.05) is 4.47 Å². The van der Waals surface area contributed by atoms with Crippen LogP contribution in [0.5, 0.6) is 0 Å². The first-order valence-corrected chi connectivity index (χ1v) is 8.53. The summed E-state index contributed by atoms with van der Waals surface area (Å²) >= 11 is 5.23. The van der Waals surface area contributed by atoms with Gasteiger partial charge in [-0.15, -0.1) is 11.3 Å². The number of amides is 1. The molecule has 0 saturated carbocycles. The molecule has 0 radical (unpaired) electrons. The molecule has 1 unspecified atom stereocenters. The second-order valence-corrected chi connectivity index (χ2v) is 7.22. The molecular formula is C16H20BrN2OS+. The van der Waals surface area contributed by atoms with Crippen LogP contribution in [0.3, 0.4) is 0 Å². The number of carbonyl (C=O) groups is 1. The van der Waals surface area contributed by atoms with Gasteiger partial charge >= 0.3 is 0 Å². The number of hydrogen-bond donors (Lipinski definition) is 2. The molecule has 1 heterocycles. The predicted molar refractivity (Wildman–Crippen MR) is 92.0 cm³/mol. The van der Waals surface area contributed by atoms with Gasteiger partial charge in [-0.3, -0.25) is 4.79 Å². The molecule has 0 aliphatic carbocycles. The Hall–Kier alpha value is -1.17. The van der Waals surface area contributed by atoms with Gasteiger partial charge in [-0.1, -0.05) is 6.07 Å². The summed E-state index contributed by atoms with van der Waals surface area (Å²) in [6, 6.07) is 8.04. The van der Waals surface area contributed by atoms with E-state index in [-0.39, 0.29) is 5.91 Å². The van der Waals surface area contributed by atoms with E-state index in [0.717, 1.165) is 22.3 Å². The highest BCUT2D eigenvalue weighted by Crippen LogP contribution is 2.23. The Kier molecular flexibility index (Phi) is 5.56. The first-order chi connectivity index (χ1) is 9.95. The van der Waals surface area contributed by atoms with E-state index in [0.29, 0.717) is 6.54 Å². The molecule has 2 N–H and O–H groups in total. The van der Waals surface area contributed by atoms with Crippen LogP contribution in [0.2, 0.25) is 0 Å². The monoisotopic (exact) mass is 367 g/mol. The van der Waals surface area contributed by atoms with Crippen LogP contribution in [-0.2, 0) is 11.3 Å². The van der Waals surface area contributed by atoms with Gasteiger partial charge in [-0.05, 0) is 64.5 Å². The van der Waals surface area contributed by atoms with E-state index in [1.54, 1.807) is 11.3 Å². The number of hydrogen-bond acceptors (Lipinski definition) is 2. The molecule has 2 rings (SSSR count). The Morgan fingerprint density at radius 3 is 2.71 bits per heavy atom. The Morgan fingerprint density at radius 2 is 2.10 bits per heavy atom. The molecule has 5 heteroatoms. The number of rotatable bonds is 5. The van der Waals surface area contributed by atoms with Crippen molar-refractivity contribution in [3.63, 3.8) is 0 Å². The van der Waals surface area contributed by atoms with Crippen LogP contribution in [-0.4, -0.2) is 19.5 Å². The summed E-state index contributed by atoms with van der Waals surface area (Å²) in [7, 11) is 2.04. The minimum Gasteiger partial charge on any atom is -0.325 e.